The molecule has 0 aliphatic heterocycles. The molecule has 4 nitrogen and oxygen atoms in total. The molecule has 0 fully saturated rings. The Labute approximate surface area is 192 Å². The highest BCUT2D eigenvalue weighted by Gasteiger charge is 2.16. The van der Waals surface area contributed by atoms with Gasteiger partial charge in [0, 0.05) is 35.6 Å². The normalized spacial score (nSPS) is 11.0. The molecule has 0 saturated heterocycles. The molecule has 0 unspecified atom stereocenters. The van der Waals surface area contributed by atoms with Crippen molar-refractivity contribution < 1.29 is 8.78 Å². The zero-order valence-corrected chi connectivity index (χ0v) is 18.4. The molecule has 0 saturated carbocycles. The minimum atomic E-state index is -0.269. The minimum absolute atomic E-state index is 0.269. The largest absolute Gasteiger partial charge is 0.330 e. The van der Waals surface area contributed by atoms with Gasteiger partial charge in [0.25, 0.3) is 0 Å². The van der Waals surface area contributed by atoms with Crippen LogP contribution in [0.15, 0.2) is 86.5 Å². The first-order valence-electron chi connectivity index (χ1n) is 10.9. The summed E-state index contributed by atoms with van der Waals surface area (Å²) in [7, 11) is 0. The molecular weight excluding hydrogens is 418 g/mol. The van der Waals surface area contributed by atoms with Crippen molar-refractivity contribution in [2.75, 3.05) is 0 Å². The zero-order chi connectivity index (χ0) is 23.2. The van der Waals surface area contributed by atoms with Gasteiger partial charge in [-0.15, -0.1) is 13.2 Å². The van der Waals surface area contributed by atoms with Gasteiger partial charge >= 0.3 is 0 Å². The Morgan fingerprint density at radius 1 is 0.667 bits per heavy atom. The number of imidazole rings is 2. The number of hydrogen-bond acceptors (Lipinski definition) is 2. The second-order valence-corrected chi connectivity index (χ2v) is 7.83. The maximum Gasteiger partial charge on any atom is 0.123 e. The number of nitrogens with zero attached hydrogens (tertiary/aromatic N) is 4. The Morgan fingerprint density at radius 3 is 1.42 bits per heavy atom. The van der Waals surface area contributed by atoms with Crippen LogP contribution in [0.3, 0.4) is 0 Å². The Bertz CT molecular complexity index is 1140. The minimum Gasteiger partial charge on any atom is -0.330 e. The summed E-state index contributed by atoms with van der Waals surface area (Å²) in [6, 6.07) is 12.8. The fourth-order valence-electron chi connectivity index (χ4n) is 4.05. The summed E-state index contributed by atoms with van der Waals surface area (Å²) in [6.07, 6.45) is 9.71. The number of halogens is 2. The molecule has 0 bridgehead atoms. The summed E-state index contributed by atoms with van der Waals surface area (Å²) in [4.78, 5) is 9.19. The summed E-state index contributed by atoms with van der Waals surface area (Å²) in [6.45, 7) is 9.00. The van der Waals surface area contributed by atoms with Gasteiger partial charge in [0.15, 0.2) is 0 Å². The van der Waals surface area contributed by atoms with E-state index < -0.39 is 0 Å². The fourth-order valence-corrected chi connectivity index (χ4v) is 4.05. The number of allylic oxidation sites excluding steroid dienone is 2. The van der Waals surface area contributed by atoms with Gasteiger partial charge < -0.3 is 9.13 Å². The van der Waals surface area contributed by atoms with Crippen molar-refractivity contribution in [1.29, 1.82) is 0 Å². The molecule has 2 heterocycles. The molecule has 0 aliphatic rings. The van der Waals surface area contributed by atoms with Crippen LogP contribution in [0.4, 0.5) is 8.78 Å². The van der Waals surface area contributed by atoms with E-state index in [9.17, 15) is 8.78 Å². The van der Waals surface area contributed by atoms with Gasteiger partial charge in [0.2, 0.25) is 0 Å². The molecule has 0 aliphatic carbocycles. The van der Waals surface area contributed by atoms with Crippen molar-refractivity contribution in [2.24, 2.45) is 0 Å². The highest BCUT2D eigenvalue weighted by Crippen LogP contribution is 2.27. The summed E-state index contributed by atoms with van der Waals surface area (Å²) in [5.74, 6) is -0.538. The number of hydrogen-bond donors (Lipinski definition) is 0. The second-order valence-electron chi connectivity index (χ2n) is 7.83. The lowest BCUT2D eigenvalue weighted by molar-refractivity contribution is 0.627. The third-order valence-electron chi connectivity index (χ3n) is 5.61. The van der Waals surface area contributed by atoms with E-state index in [2.05, 4.69) is 32.3 Å². The van der Waals surface area contributed by atoms with E-state index in [0.29, 0.717) is 13.1 Å². The maximum absolute atomic E-state index is 13.4. The Morgan fingerprint density at radius 2 is 1.06 bits per heavy atom. The van der Waals surface area contributed by atoms with Crippen LogP contribution in [0.1, 0.15) is 17.8 Å². The van der Waals surface area contributed by atoms with E-state index in [1.54, 1.807) is 24.3 Å². The van der Waals surface area contributed by atoms with E-state index >= 15 is 0 Å². The molecule has 2 aromatic carbocycles. The lowest BCUT2D eigenvalue weighted by atomic mass is 10.0. The molecule has 0 N–H and O–H groups in total. The van der Waals surface area contributed by atoms with Crippen molar-refractivity contribution in [3.63, 3.8) is 0 Å². The lowest BCUT2D eigenvalue weighted by Crippen LogP contribution is -2.05. The van der Waals surface area contributed by atoms with E-state index in [0.717, 1.165) is 53.2 Å². The average molecular weight is 445 g/mol. The molecule has 6 heteroatoms. The molecule has 0 spiro atoms. The third kappa shape index (κ3) is 5.00. The van der Waals surface area contributed by atoms with Crippen LogP contribution in [-0.2, 0) is 25.9 Å². The summed E-state index contributed by atoms with van der Waals surface area (Å²) >= 11 is 0. The first-order valence-corrected chi connectivity index (χ1v) is 10.9. The van der Waals surface area contributed by atoms with Crippen LogP contribution in [0, 0.1) is 11.6 Å². The summed E-state index contributed by atoms with van der Waals surface area (Å²) in [5, 5.41) is 0. The monoisotopic (exact) mass is 444 g/mol. The number of benzene rings is 2. The Hall–Kier alpha value is -3.80. The Balaban J connectivity index is 1.59. The molecule has 4 aromatic rings. The summed E-state index contributed by atoms with van der Waals surface area (Å²) in [5.41, 5.74) is 5.65. The van der Waals surface area contributed by atoms with E-state index in [1.807, 2.05) is 24.8 Å². The second kappa shape index (κ2) is 10.2. The van der Waals surface area contributed by atoms with Crippen molar-refractivity contribution >= 4 is 0 Å². The highest BCUT2D eigenvalue weighted by atomic mass is 19.1. The SMILES string of the molecule is C=CCn1cnc(-c2ccc(F)cc2)c1CCCc1c(-c2ccc(F)cc2)ncn1CC=C. The Kier molecular flexibility index (Phi) is 6.93. The average Bonchev–Trinajstić information content (AvgIpc) is 3.40. The van der Waals surface area contributed by atoms with Gasteiger partial charge in [-0.3, -0.25) is 0 Å². The molecule has 33 heavy (non-hydrogen) atoms. The van der Waals surface area contributed by atoms with Crippen LogP contribution in [0.25, 0.3) is 22.5 Å². The van der Waals surface area contributed by atoms with Crippen LogP contribution < -0.4 is 0 Å². The zero-order valence-electron chi connectivity index (χ0n) is 18.4. The standard InChI is InChI=1S/C27H26F2N4/c1-3-16-32-18-30-26(20-8-12-22(28)13-9-20)24(32)6-5-7-25-27(31-19-33(25)17-4-2)21-10-14-23(29)15-11-21/h3-4,8-15,18-19H,1-2,5-7,16-17H2. The van der Waals surface area contributed by atoms with Crippen molar-refractivity contribution in [3.05, 3.63) is 110 Å². The van der Waals surface area contributed by atoms with Gasteiger partial charge in [-0.1, -0.05) is 12.2 Å². The topological polar surface area (TPSA) is 35.6 Å². The van der Waals surface area contributed by atoms with E-state index in [1.165, 1.54) is 24.3 Å². The smallest absolute Gasteiger partial charge is 0.123 e. The molecule has 0 radical (unpaired) electrons. The molecule has 168 valence electrons. The predicted octanol–water partition coefficient (Wildman–Crippen LogP) is 6.24. The molecule has 2 aromatic heterocycles. The van der Waals surface area contributed by atoms with E-state index in [4.69, 9.17) is 0 Å². The highest BCUT2D eigenvalue weighted by molar-refractivity contribution is 5.63. The van der Waals surface area contributed by atoms with Gasteiger partial charge in [0.1, 0.15) is 11.6 Å². The summed E-state index contributed by atoms with van der Waals surface area (Å²) < 4.78 is 31.0. The quantitative estimate of drug-likeness (QED) is 0.272. The lowest BCUT2D eigenvalue weighted by Gasteiger charge is -2.11. The molecule has 0 amide bonds. The third-order valence-corrected chi connectivity index (χ3v) is 5.61. The van der Waals surface area contributed by atoms with Crippen LogP contribution in [0.5, 0.6) is 0 Å². The van der Waals surface area contributed by atoms with Gasteiger partial charge in [-0.2, -0.15) is 0 Å². The van der Waals surface area contributed by atoms with Crippen LogP contribution in [0.2, 0.25) is 0 Å². The molecule has 4 rings (SSSR count). The van der Waals surface area contributed by atoms with Gasteiger partial charge in [0.05, 0.1) is 24.0 Å². The maximum atomic E-state index is 13.4. The van der Waals surface area contributed by atoms with Crippen molar-refractivity contribution in [2.45, 2.75) is 32.4 Å². The van der Waals surface area contributed by atoms with Gasteiger partial charge in [-0.25, -0.2) is 18.7 Å². The fraction of sp³-hybridized carbons (Fsp3) is 0.185. The number of aromatic nitrogens is 4. The molecular formula is C27H26F2N4. The first-order chi connectivity index (χ1) is 16.1. The van der Waals surface area contributed by atoms with Crippen molar-refractivity contribution in [1.82, 2.24) is 19.1 Å². The molecule has 0 atom stereocenters. The van der Waals surface area contributed by atoms with Crippen LogP contribution in [-0.4, -0.2) is 19.1 Å². The first kappa shape index (κ1) is 22.4. The van der Waals surface area contributed by atoms with E-state index in [-0.39, 0.29) is 11.6 Å². The van der Waals surface area contributed by atoms with Crippen molar-refractivity contribution in [3.8, 4) is 22.5 Å². The van der Waals surface area contributed by atoms with Gasteiger partial charge in [-0.05, 0) is 67.8 Å². The predicted molar refractivity (Wildman–Crippen MR) is 128 cm³/mol. The number of rotatable bonds is 10. The van der Waals surface area contributed by atoms with Crippen LogP contribution >= 0.6 is 0 Å².